The van der Waals surface area contributed by atoms with Crippen LogP contribution >= 0.6 is 0 Å². The molecule has 0 aliphatic heterocycles. The van der Waals surface area contributed by atoms with Crippen LogP contribution in [0, 0.1) is 20.8 Å². The van der Waals surface area contributed by atoms with Crippen molar-refractivity contribution < 1.29 is 0 Å². The molecule has 0 unspecified atom stereocenters. The number of hydrogen-bond donors (Lipinski definition) is 0. The molecule has 0 aliphatic rings. The molecule has 0 atom stereocenters. The lowest BCUT2D eigenvalue weighted by Gasteiger charge is -2.26. The van der Waals surface area contributed by atoms with E-state index in [1.54, 1.807) is 0 Å². The van der Waals surface area contributed by atoms with Gasteiger partial charge in [-0.25, -0.2) is 0 Å². The van der Waals surface area contributed by atoms with Crippen LogP contribution in [0.4, 0.5) is 34.1 Å². The molecule has 6 aromatic rings. The summed E-state index contributed by atoms with van der Waals surface area (Å²) in [7, 11) is 0. The second-order valence-corrected chi connectivity index (χ2v) is 11.0. The molecular weight excluding hydrogens is 520 g/mol. The van der Waals surface area contributed by atoms with Gasteiger partial charge in [0.15, 0.2) is 0 Å². The summed E-state index contributed by atoms with van der Waals surface area (Å²) >= 11 is 0. The Bertz CT molecular complexity index is 1740. The van der Waals surface area contributed by atoms with E-state index in [-0.39, 0.29) is 0 Å². The molecule has 2 nitrogen and oxygen atoms in total. The molecule has 0 amide bonds. The van der Waals surface area contributed by atoms with Crippen LogP contribution in [0.3, 0.4) is 0 Å². The van der Waals surface area contributed by atoms with Crippen molar-refractivity contribution in [3.63, 3.8) is 0 Å². The van der Waals surface area contributed by atoms with E-state index < -0.39 is 0 Å². The van der Waals surface area contributed by atoms with Gasteiger partial charge in [-0.15, -0.1) is 0 Å². The topological polar surface area (TPSA) is 6.48 Å². The van der Waals surface area contributed by atoms with Crippen LogP contribution in [0.15, 0.2) is 152 Å². The summed E-state index contributed by atoms with van der Waals surface area (Å²) < 4.78 is 0. The predicted octanol–water partition coefficient (Wildman–Crippen LogP) is 11.7. The molecular formula is C41H36N2. The van der Waals surface area contributed by atoms with E-state index >= 15 is 0 Å². The SMILES string of the molecule is Cc1ccc(N(c2ccc(/C=C/c3ccc(N(c4ccccc4)c4ccccc4)cc3)cc2)c2cc(C)cc(C)c2)cc1. The van der Waals surface area contributed by atoms with Gasteiger partial charge in [-0.3, -0.25) is 0 Å². The molecule has 210 valence electrons. The van der Waals surface area contributed by atoms with Crippen molar-refractivity contribution in [2.75, 3.05) is 9.80 Å². The normalized spacial score (nSPS) is 11.0. The molecule has 6 aromatic carbocycles. The highest BCUT2D eigenvalue weighted by molar-refractivity contribution is 5.80. The van der Waals surface area contributed by atoms with Crippen LogP contribution in [0.25, 0.3) is 12.2 Å². The highest BCUT2D eigenvalue weighted by Crippen LogP contribution is 2.36. The molecule has 6 rings (SSSR count). The van der Waals surface area contributed by atoms with Crippen LogP contribution in [0.5, 0.6) is 0 Å². The molecule has 0 N–H and O–H groups in total. The zero-order valence-corrected chi connectivity index (χ0v) is 25.0. The third kappa shape index (κ3) is 6.60. The third-order valence-corrected chi connectivity index (χ3v) is 7.56. The molecule has 0 aromatic heterocycles. The van der Waals surface area contributed by atoms with Gasteiger partial charge in [0.25, 0.3) is 0 Å². The van der Waals surface area contributed by atoms with Crippen LogP contribution in [-0.2, 0) is 0 Å². The maximum Gasteiger partial charge on any atom is 0.0466 e. The maximum atomic E-state index is 2.33. The molecule has 43 heavy (non-hydrogen) atoms. The Morgan fingerprint density at radius 2 is 0.674 bits per heavy atom. The van der Waals surface area contributed by atoms with Gasteiger partial charge in [-0.05, 0) is 116 Å². The largest absolute Gasteiger partial charge is 0.311 e. The molecule has 2 heteroatoms. The lowest BCUT2D eigenvalue weighted by molar-refractivity contribution is 1.25. The Balaban J connectivity index is 1.24. The minimum Gasteiger partial charge on any atom is -0.311 e. The van der Waals surface area contributed by atoms with Crippen LogP contribution in [0.1, 0.15) is 27.8 Å². The zero-order valence-electron chi connectivity index (χ0n) is 25.0. The standard InChI is InChI=1S/C41H36N2/c1-31-14-22-38(23-15-31)43(41-29-32(2)28-33(3)30-41)40-26-20-35(21-27-40)17-16-34-18-24-39(25-19-34)42(36-10-6-4-7-11-36)37-12-8-5-9-13-37/h4-30H,1-3H3/b17-16+. The highest BCUT2D eigenvalue weighted by Gasteiger charge is 2.14. The molecule has 0 radical (unpaired) electrons. The van der Waals surface area contributed by atoms with Crippen molar-refractivity contribution in [1.29, 1.82) is 0 Å². The van der Waals surface area contributed by atoms with Gasteiger partial charge in [0, 0.05) is 34.1 Å². The fraction of sp³-hybridized carbons (Fsp3) is 0.0732. The number of hydrogen-bond acceptors (Lipinski definition) is 2. The fourth-order valence-electron chi connectivity index (χ4n) is 5.48. The van der Waals surface area contributed by atoms with E-state index in [2.05, 4.69) is 194 Å². The summed E-state index contributed by atoms with van der Waals surface area (Å²) in [5.41, 5.74) is 12.9. The van der Waals surface area contributed by atoms with Crippen molar-refractivity contribution in [3.05, 3.63) is 179 Å². The number of benzene rings is 6. The van der Waals surface area contributed by atoms with Gasteiger partial charge >= 0.3 is 0 Å². The average Bonchev–Trinajstić information content (AvgIpc) is 3.03. The van der Waals surface area contributed by atoms with E-state index in [1.807, 2.05) is 0 Å². The second-order valence-electron chi connectivity index (χ2n) is 11.0. The smallest absolute Gasteiger partial charge is 0.0466 e. The minimum absolute atomic E-state index is 1.13. The number of para-hydroxylation sites is 2. The quantitative estimate of drug-likeness (QED) is 0.172. The van der Waals surface area contributed by atoms with E-state index in [9.17, 15) is 0 Å². The maximum absolute atomic E-state index is 2.33. The van der Waals surface area contributed by atoms with Crippen LogP contribution < -0.4 is 9.80 Å². The predicted molar refractivity (Wildman–Crippen MR) is 185 cm³/mol. The number of nitrogens with zero attached hydrogens (tertiary/aromatic N) is 2. The second kappa shape index (κ2) is 12.7. The van der Waals surface area contributed by atoms with E-state index in [4.69, 9.17) is 0 Å². The van der Waals surface area contributed by atoms with E-state index in [1.165, 1.54) is 22.4 Å². The minimum atomic E-state index is 1.13. The summed E-state index contributed by atoms with van der Waals surface area (Å²) in [6, 6.07) is 54.0. The molecule has 0 saturated heterocycles. The Morgan fingerprint density at radius 3 is 1.09 bits per heavy atom. The van der Waals surface area contributed by atoms with Crippen LogP contribution in [0.2, 0.25) is 0 Å². The molecule has 0 aliphatic carbocycles. The lowest BCUT2D eigenvalue weighted by Crippen LogP contribution is -2.10. The number of anilines is 6. The van der Waals surface area contributed by atoms with Gasteiger partial charge in [-0.1, -0.05) is 96.6 Å². The Kier molecular flexibility index (Phi) is 8.19. The van der Waals surface area contributed by atoms with Crippen molar-refractivity contribution in [2.24, 2.45) is 0 Å². The Hall–Kier alpha value is -5.34. The molecule has 0 saturated carbocycles. The van der Waals surface area contributed by atoms with Crippen molar-refractivity contribution in [3.8, 4) is 0 Å². The first-order valence-corrected chi connectivity index (χ1v) is 14.8. The first-order chi connectivity index (χ1) is 21.0. The van der Waals surface area contributed by atoms with E-state index in [0.29, 0.717) is 0 Å². The summed E-state index contributed by atoms with van der Waals surface area (Å²) in [5.74, 6) is 0. The van der Waals surface area contributed by atoms with Gasteiger partial charge in [0.1, 0.15) is 0 Å². The molecule has 0 heterocycles. The summed E-state index contributed by atoms with van der Waals surface area (Å²) in [4.78, 5) is 4.61. The van der Waals surface area contributed by atoms with Gasteiger partial charge in [-0.2, -0.15) is 0 Å². The Morgan fingerprint density at radius 1 is 0.326 bits per heavy atom. The van der Waals surface area contributed by atoms with Gasteiger partial charge in [0.05, 0.1) is 0 Å². The van der Waals surface area contributed by atoms with Crippen molar-refractivity contribution in [2.45, 2.75) is 20.8 Å². The molecule has 0 bridgehead atoms. The summed E-state index contributed by atoms with van der Waals surface area (Å²) in [6.07, 6.45) is 4.35. The summed E-state index contributed by atoms with van der Waals surface area (Å²) in [6.45, 7) is 6.44. The first-order valence-electron chi connectivity index (χ1n) is 14.8. The zero-order chi connectivity index (χ0) is 29.6. The monoisotopic (exact) mass is 556 g/mol. The highest BCUT2D eigenvalue weighted by atomic mass is 15.1. The Labute approximate surface area is 255 Å². The fourth-order valence-corrected chi connectivity index (χ4v) is 5.48. The number of aryl methyl sites for hydroxylation is 3. The van der Waals surface area contributed by atoms with Crippen molar-refractivity contribution >= 4 is 46.3 Å². The van der Waals surface area contributed by atoms with E-state index in [0.717, 1.165) is 39.6 Å². The average molecular weight is 557 g/mol. The van der Waals surface area contributed by atoms with Crippen molar-refractivity contribution in [1.82, 2.24) is 0 Å². The molecule has 0 spiro atoms. The third-order valence-electron chi connectivity index (χ3n) is 7.56. The van der Waals surface area contributed by atoms with Crippen LogP contribution in [-0.4, -0.2) is 0 Å². The molecule has 0 fully saturated rings. The van der Waals surface area contributed by atoms with Gasteiger partial charge in [0.2, 0.25) is 0 Å². The van der Waals surface area contributed by atoms with Gasteiger partial charge < -0.3 is 9.80 Å². The first kappa shape index (κ1) is 27.8. The summed E-state index contributed by atoms with van der Waals surface area (Å²) in [5, 5.41) is 0. The lowest BCUT2D eigenvalue weighted by atomic mass is 10.1. The number of rotatable bonds is 8.